The predicted molar refractivity (Wildman–Crippen MR) is 142 cm³/mol. The molecule has 0 atom stereocenters. The van der Waals surface area contributed by atoms with Crippen LogP contribution in [-0.4, -0.2) is 21.3 Å². The highest BCUT2D eigenvalue weighted by atomic mass is 19.4. The molecule has 0 fully saturated rings. The van der Waals surface area contributed by atoms with E-state index < -0.39 is 17.7 Å². The molecule has 202 valence electrons. The minimum Gasteiger partial charge on any atom is -0.481 e. The molecule has 3 aromatic rings. The van der Waals surface area contributed by atoms with Gasteiger partial charge in [-0.3, -0.25) is 4.79 Å². The maximum Gasteiger partial charge on any atom is 0.416 e. The van der Waals surface area contributed by atoms with Gasteiger partial charge in [-0.25, -0.2) is 0 Å². The lowest BCUT2D eigenvalue weighted by atomic mass is 10.0. The first kappa shape index (κ1) is 30.6. The molecule has 3 rings (SSSR count). The third kappa shape index (κ3) is 12.1. The molecule has 2 N–H and O–H groups in total. The van der Waals surface area contributed by atoms with Crippen molar-refractivity contribution in [3.05, 3.63) is 106 Å². The summed E-state index contributed by atoms with van der Waals surface area (Å²) in [5.41, 5.74) is 3.98. The molecule has 3 aromatic carbocycles. The fourth-order valence-corrected chi connectivity index (χ4v) is 3.63. The zero-order chi connectivity index (χ0) is 28.0. The molecule has 4 nitrogen and oxygen atoms in total. The van der Waals surface area contributed by atoms with Crippen LogP contribution < -0.4 is 0 Å². The number of rotatable bonds is 9. The number of halogens is 3. The van der Waals surface area contributed by atoms with E-state index in [9.17, 15) is 18.4 Å². The third-order valence-electron chi connectivity index (χ3n) is 5.59. The molecule has 0 amide bonds. The van der Waals surface area contributed by atoms with Gasteiger partial charge in [-0.1, -0.05) is 74.4 Å². The fraction of sp³-hybridized carbons (Fsp3) is 0.323. The Labute approximate surface area is 222 Å². The second kappa shape index (κ2) is 15.6. The SMILES string of the molecule is CC(=O)O.CCCCCCc1ccc(C#Cc2ccc(CN(O)Cc3ccc(C(F)(F)F)cc3)cc2)cc1. The zero-order valence-electron chi connectivity index (χ0n) is 21.8. The van der Waals surface area contributed by atoms with Crippen LogP contribution in [-0.2, 0) is 30.5 Å². The largest absolute Gasteiger partial charge is 0.481 e. The Hall–Kier alpha value is -3.60. The summed E-state index contributed by atoms with van der Waals surface area (Å²) in [7, 11) is 0. The number of hydroxylamine groups is 2. The van der Waals surface area contributed by atoms with E-state index in [-0.39, 0.29) is 13.1 Å². The summed E-state index contributed by atoms with van der Waals surface area (Å²) in [6.07, 6.45) is 1.78. The molecule has 0 radical (unpaired) electrons. The van der Waals surface area contributed by atoms with E-state index in [0.717, 1.165) is 47.2 Å². The summed E-state index contributed by atoms with van der Waals surface area (Å²) in [5, 5.41) is 18.7. The van der Waals surface area contributed by atoms with Crippen LogP contribution in [0.15, 0.2) is 72.8 Å². The highest BCUT2D eigenvalue weighted by molar-refractivity contribution is 5.63. The minimum absolute atomic E-state index is 0.133. The Morgan fingerprint density at radius 2 is 1.18 bits per heavy atom. The Morgan fingerprint density at radius 3 is 1.61 bits per heavy atom. The average Bonchev–Trinajstić information content (AvgIpc) is 2.86. The van der Waals surface area contributed by atoms with Gasteiger partial charge in [-0.2, -0.15) is 18.2 Å². The number of aryl methyl sites for hydroxylation is 1. The number of aliphatic carboxylic acids is 1. The van der Waals surface area contributed by atoms with Crippen LogP contribution in [0.4, 0.5) is 13.2 Å². The molecule has 0 spiro atoms. The van der Waals surface area contributed by atoms with Gasteiger partial charge >= 0.3 is 6.18 Å². The van der Waals surface area contributed by atoms with E-state index in [1.807, 2.05) is 24.3 Å². The lowest BCUT2D eigenvalue weighted by Gasteiger charge is -2.15. The standard InChI is InChI=1S/C29H30F3NO.C2H4O2/c1-2-3-4-5-6-23-7-9-24(10-8-23)11-12-25-13-15-26(16-14-25)21-33(34)22-27-17-19-28(20-18-27)29(30,31)32;1-2(3)4/h7-10,13-20,34H,2-6,21-22H2,1H3;1H3,(H,3,4). The first-order chi connectivity index (χ1) is 18.1. The molecule has 0 aromatic heterocycles. The molecule has 0 aliphatic carbocycles. The van der Waals surface area contributed by atoms with Crippen molar-refractivity contribution in [2.24, 2.45) is 0 Å². The first-order valence-electron chi connectivity index (χ1n) is 12.6. The highest BCUT2D eigenvalue weighted by Gasteiger charge is 2.29. The molecular formula is C31H34F3NO3. The Bertz CT molecular complexity index is 1170. The zero-order valence-corrected chi connectivity index (χ0v) is 21.8. The summed E-state index contributed by atoms with van der Waals surface area (Å²) >= 11 is 0. The van der Waals surface area contributed by atoms with Crippen molar-refractivity contribution in [2.75, 3.05) is 0 Å². The van der Waals surface area contributed by atoms with Crippen molar-refractivity contribution in [2.45, 2.75) is 65.2 Å². The van der Waals surface area contributed by atoms with Crippen LogP contribution in [0.25, 0.3) is 0 Å². The van der Waals surface area contributed by atoms with E-state index in [4.69, 9.17) is 9.90 Å². The van der Waals surface area contributed by atoms with Crippen LogP contribution in [0.3, 0.4) is 0 Å². The van der Waals surface area contributed by atoms with Crippen molar-refractivity contribution in [3.63, 3.8) is 0 Å². The van der Waals surface area contributed by atoms with Gasteiger partial charge in [0.1, 0.15) is 0 Å². The molecule has 0 unspecified atom stereocenters. The quantitative estimate of drug-likeness (QED) is 0.171. The molecule has 0 aliphatic rings. The molecule has 0 saturated heterocycles. The second-order valence-corrected chi connectivity index (χ2v) is 8.99. The van der Waals surface area contributed by atoms with Gasteiger partial charge in [-0.05, 0) is 65.9 Å². The van der Waals surface area contributed by atoms with Crippen molar-refractivity contribution in [1.82, 2.24) is 5.06 Å². The van der Waals surface area contributed by atoms with E-state index in [0.29, 0.717) is 5.56 Å². The topological polar surface area (TPSA) is 60.8 Å². The van der Waals surface area contributed by atoms with Crippen LogP contribution in [0.5, 0.6) is 0 Å². The van der Waals surface area contributed by atoms with Crippen molar-refractivity contribution in [1.29, 1.82) is 0 Å². The summed E-state index contributed by atoms with van der Waals surface area (Å²) in [5.74, 6) is 5.51. The number of hydrogen-bond donors (Lipinski definition) is 2. The average molecular weight is 526 g/mol. The van der Waals surface area contributed by atoms with E-state index in [2.05, 4.69) is 43.0 Å². The lowest BCUT2D eigenvalue weighted by Crippen LogP contribution is -2.18. The maximum atomic E-state index is 12.7. The van der Waals surface area contributed by atoms with Crippen LogP contribution in [0, 0.1) is 11.8 Å². The number of hydrogen-bond acceptors (Lipinski definition) is 3. The van der Waals surface area contributed by atoms with Gasteiger partial charge in [-0.15, -0.1) is 0 Å². The third-order valence-corrected chi connectivity index (χ3v) is 5.59. The molecule has 0 saturated carbocycles. The fourth-order valence-electron chi connectivity index (χ4n) is 3.63. The number of alkyl halides is 3. The molecule has 0 aliphatic heterocycles. The van der Waals surface area contributed by atoms with Gasteiger partial charge in [0.05, 0.1) is 5.56 Å². The summed E-state index contributed by atoms with van der Waals surface area (Å²) < 4.78 is 38.0. The lowest BCUT2D eigenvalue weighted by molar-refractivity contribution is -0.137. The van der Waals surface area contributed by atoms with Gasteiger partial charge < -0.3 is 10.3 Å². The summed E-state index contributed by atoms with van der Waals surface area (Å²) in [6, 6.07) is 20.8. The smallest absolute Gasteiger partial charge is 0.416 e. The van der Waals surface area contributed by atoms with Crippen LogP contribution >= 0.6 is 0 Å². The molecule has 0 heterocycles. The number of carbonyl (C=O) groups is 1. The molecule has 0 bridgehead atoms. The number of carboxylic acid groups (broad SMARTS) is 1. The Kier molecular flexibility index (Phi) is 12.6. The van der Waals surface area contributed by atoms with E-state index in [1.54, 1.807) is 0 Å². The first-order valence-corrected chi connectivity index (χ1v) is 12.6. The molecule has 7 heteroatoms. The normalized spacial score (nSPS) is 10.8. The number of unbranched alkanes of at least 4 members (excludes halogenated alkanes) is 3. The van der Waals surface area contributed by atoms with Crippen molar-refractivity contribution in [3.8, 4) is 11.8 Å². The summed E-state index contributed by atoms with van der Waals surface area (Å²) in [6.45, 7) is 3.69. The second-order valence-electron chi connectivity index (χ2n) is 8.99. The van der Waals surface area contributed by atoms with Crippen LogP contribution in [0.2, 0.25) is 0 Å². The monoisotopic (exact) mass is 525 g/mol. The van der Waals surface area contributed by atoms with Gasteiger partial charge in [0.15, 0.2) is 0 Å². The van der Waals surface area contributed by atoms with Crippen molar-refractivity contribution >= 4 is 5.97 Å². The Morgan fingerprint density at radius 1 is 0.763 bits per heavy atom. The van der Waals surface area contributed by atoms with Crippen molar-refractivity contribution < 1.29 is 28.3 Å². The highest BCUT2D eigenvalue weighted by Crippen LogP contribution is 2.29. The molecular weight excluding hydrogens is 491 g/mol. The van der Waals surface area contributed by atoms with E-state index in [1.165, 1.54) is 43.4 Å². The van der Waals surface area contributed by atoms with Crippen LogP contribution in [0.1, 0.15) is 72.9 Å². The number of benzene rings is 3. The van der Waals surface area contributed by atoms with Gasteiger partial charge in [0.25, 0.3) is 5.97 Å². The van der Waals surface area contributed by atoms with Gasteiger partial charge in [0, 0.05) is 31.1 Å². The number of carboxylic acids is 1. The maximum absolute atomic E-state index is 12.7. The number of nitrogens with zero attached hydrogens (tertiary/aromatic N) is 1. The summed E-state index contributed by atoms with van der Waals surface area (Å²) in [4.78, 5) is 9.00. The van der Waals surface area contributed by atoms with Gasteiger partial charge in [0.2, 0.25) is 0 Å². The molecule has 38 heavy (non-hydrogen) atoms. The Balaban J connectivity index is 0.00000118. The van der Waals surface area contributed by atoms with E-state index >= 15 is 0 Å². The minimum atomic E-state index is -4.36. The predicted octanol–water partition coefficient (Wildman–Crippen LogP) is 7.71.